The number of sulfonamides is 1. The highest BCUT2D eigenvalue weighted by molar-refractivity contribution is 7.89. The van der Waals surface area contributed by atoms with Crippen molar-refractivity contribution in [3.8, 4) is 0 Å². The van der Waals surface area contributed by atoms with Gasteiger partial charge in [-0.1, -0.05) is 0 Å². The van der Waals surface area contributed by atoms with E-state index < -0.39 is 57.1 Å². The quantitative estimate of drug-likeness (QED) is 0.333. The highest BCUT2D eigenvalue weighted by atomic mass is 35.5. The minimum Gasteiger partial charge on any atom is -0.207 e. The summed E-state index contributed by atoms with van der Waals surface area (Å²) in [5, 5.41) is 0. The lowest BCUT2D eigenvalue weighted by Gasteiger charge is -2.21. The molecule has 0 aliphatic heterocycles. The second-order valence-corrected chi connectivity index (χ2v) is 6.31. The van der Waals surface area contributed by atoms with Crippen molar-refractivity contribution in [1.82, 2.24) is 4.31 Å². The van der Waals surface area contributed by atoms with Gasteiger partial charge in [0.05, 0.1) is 0 Å². The van der Waals surface area contributed by atoms with Gasteiger partial charge in [0.15, 0.2) is 28.2 Å². The van der Waals surface area contributed by atoms with Gasteiger partial charge in [-0.15, -0.1) is 23.2 Å². The van der Waals surface area contributed by atoms with E-state index in [1.807, 2.05) is 0 Å². The summed E-state index contributed by atoms with van der Waals surface area (Å²) in [5.74, 6) is -12.5. The normalized spacial score (nSPS) is 12.2. The van der Waals surface area contributed by atoms with E-state index in [1.54, 1.807) is 0 Å². The molecule has 0 saturated heterocycles. The third kappa shape index (κ3) is 3.41. The molecule has 21 heavy (non-hydrogen) atoms. The Labute approximate surface area is 127 Å². The second-order valence-electron chi connectivity index (χ2n) is 3.68. The van der Waals surface area contributed by atoms with Crippen LogP contribution in [0.15, 0.2) is 4.90 Å². The molecule has 0 aromatic heterocycles. The van der Waals surface area contributed by atoms with Crippen molar-refractivity contribution in [3.05, 3.63) is 29.1 Å². The minimum absolute atomic E-state index is 0.258. The largest absolute Gasteiger partial charge is 0.249 e. The van der Waals surface area contributed by atoms with Gasteiger partial charge in [-0.2, -0.15) is 4.31 Å². The zero-order chi connectivity index (χ0) is 16.4. The molecular weight excluding hydrogens is 364 g/mol. The molecule has 0 N–H and O–H groups in total. The van der Waals surface area contributed by atoms with Crippen LogP contribution in [0.25, 0.3) is 0 Å². The summed E-state index contributed by atoms with van der Waals surface area (Å²) >= 11 is 10.7. The van der Waals surface area contributed by atoms with E-state index in [4.69, 9.17) is 23.2 Å². The van der Waals surface area contributed by atoms with Crippen molar-refractivity contribution in [2.24, 2.45) is 0 Å². The van der Waals surface area contributed by atoms with Crippen LogP contribution in [0.5, 0.6) is 0 Å². The topological polar surface area (TPSA) is 37.4 Å². The highest BCUT2D eigenvalue weighted by Crippen LogP contribution is 2.28. The summed E-state index contributed by atoms with van der Waals surface area (Å²) in [5.41, 5.74) is 0. The molecule has 0 unspecified atom stereocenters. The van der Waals surface area contributed by atoms with Crippen molar-refractivity contribution >= 4 is 33.2 Å². The van der Waals surface area contributed by atoms with Gasteiger partial charge >= 0.3 is 0 Å². The maximum absolute atomic E-state index is 13.5. The maximum Gasteiger partial charge on any atom is 0.249 e. The number of rotatable bonds is 6. The Morgan fingerprint density at radius 2 is 1.10 bits per heavy atom. The summed E-state index contributed by atoms with van der Waals surface area (Å²) in [4.78, 5) is -1.92. The first-order valence-electron chi connectivity index (χ1n) is 5.33. The van der Waals surface area contributed by atoms with E-state index in [-0.39, 0.29) is 11.8 Å². The summed E-state index contributed by atoms with van der Waals surface area (Å²) in [7, 11) is -4.98. The summed E-state index contributed by atoms with van der Waals surface area (Å²) in [6.07, 6.45) is 0. The van der Waals surface area contributed by atoms with E-state index in [1.165, 1.54) is 0 Å². The third-order valence-corrected chi connectivity index (χ3v) is 4.69. The number of benzene rings is 1. The van der Waals surface area contributed by atoms with Crippen molar-refractivity contribution in [2.75, 3.05) is 24.8 Å². The molecule has 0 aliphatic carbocycles. The number of hydrogen-bond acceptors (Lipinski definition) is 2. The van der Waals surface area contributed by atoms with E-state index in [9.17, 15) is 30.4 Å². The first-order chi connectivity index (χ1) is 9.69. The Morgan fingerprint density at radius 1 is 0.762 bits per heavy atom. The molecule has 11 heteroatoms. The minimum atomic E-state index is -4.98. The van der Waals surface area contributed by atoms with Crippen LogP contribution in [0.4, 0.5) is 22.0 Å². The van der Waals surface area contributed by atoms with Crippen LogP contribution in [-0.4, -0.2) is 37.6 Å². The predicted octanol–water partition coefficient (Wildman–Crippen LogP) is 2.85. The molecule has 0 saturated carbocycles. The van der Waals surface area contributed by atoms with Crippen LogP contribution in [0, 0.1) is 29.1 Å². The van der Waals surface area contributed by atoms with E-state index in [2.05, 4.69) is 0 Å². The fourth-order valence-corrected chi connectivity index (χ4v) is 3.64. The first-order valence-corrected chi connectivity index (χ1v) is 7.84. The van der Waals surface area contributed by atoms with Crippen LogP contribution >= 0.6 is 23.2 Å². The molecule has 3 nitrogen and oxygen atoms in total. The first kappa shape index (κ1) is 18.4. The van der Waals surface area contributed by atoms with Gasteiger partial charge in [-0.25, -0.2) is 30.4 Å². The number of nitrogens with zero attached hydrogens (tertiary/aromatic N) is 1. The molecule has 0 atom stereocenters. The molecule has 1 aromatic rings. The SMILES string of the molecule is O=S(=O)(c1c(F)c(F)c(F)c(F)c1F)N(CCCl)CCCl. The van der Waals surface area contributed by atoms with Crippen LogP contribution in [0.2, 0.25) is 0 Å². The van der Waals surface area contributed by atoms with Gasteiger partial charge in [-0.3, -0.25) is 0 Å². The molecule has 0 fully saturated rings. The summed E-state index contributed by atoms with van der Waals surface area (Å²) < 4.78 is 90.7. The Hall–Kier alpha value is -0.640. The van der Waals surface area contributed by atoms with Gasteiger partial charge in [-0.05, 0) is 0 Å². The van der Waals surface area contributed by atoms with E-state index in [0.717, 1.165) is 0 Å². The van der Waals surface area contributed by atoms with E-state index in [0.29, 0.717) is 4.31 Å². The average molecular weight is 372 g/mol. The van der Waals surface area contributed by atoms with Gasteiger partial charge in [0, 0.05) is 24.8 Å². The standard InChI is InChI=1S/C10H8Cl2F5NO2S/c11-1-3-18(4-2-12)21(19,20)10-8(16)6(14)5(13)7(15)9(10)17/h1-4H2. The molecule has 0 radical (unpaired) electrons. The number of alkyl halides is 2. The Balaban J connectivity index is 3.58. The van der Waals surface area contributed by atoms with Crippen LogP contribution in [-0.2, 0) is 10.0 Å². The lowest BCUT2D eigenvalue weighted by molar-refractivity contribution is 0.351. The van der Waals surface area contributed by atoms with Crippen LogP contribution < -0.4 is 0 Å². The number of halogens is 7. The predicted molar refractivity (Wildman–Crippen MR) is 66.4 cm³/mol. The molecule has 0 amide bonds. The molecule has 1 aromatic carbocycles. The molecule has 0 bridgehead atoms. The molecular formula is C10H8Cl2F5NO2S. The lowest BCUT2D eigenvalue weighted by Crippen LogP contribution is -2.36. The lowest BCUT2D eigenvalue weighted by atomic mass is 10.3. The van der Waals surface area contributed by atoms with Crippen molar-refractivity contribution in [2.45, 2.75) is 4.90 Å². The van der Waals surface area contributed by atoms with Crippen molar-refractivity contribution in [1.29, 1.82) is 0 Å². The monoisotopic (exact) mass is 371 g/mol. The fourth-order valence-electron chi connectivity index (χ4n) is 1.48. The molecule has 0 aliphatic rings. The Bertz CT molecular complexity index is 606. The van der Waals surface area contributed by atoms with Crippen molar-refractivity contribution in [3.63, 3.8) is 0 Å². The second kappa shape index (κ2) is 7.08. The fraction of sp³-hybridized carbons (Fsp3) is 0.400. The van der Waals surface area contributed by atoms with Gasteiger partial charge in [0.2, 0.25) is 15.8 Å². The Morgan fingerprint density at radius 3 is 1.43 bits per heavy atom. The average Bonchev–Trinajstić information content (AvgIpc) is 2.42. The van der Waals surface area contributed by atoms with Crippen LogP contribution in [0.1, 0.15) is 0 Å². The highest BCUT2D eigenvalue weighted by Gasteiger charge is 2.36. The Kier molecular flexibility index (Phi) is 6.21. The third-order valence-electron chi connectivity index (χ3n) is 2.44. The summed E-state index contributed by atoms with van der Waals surface area (Å²) in [6.45, 7) is -0.813. The van der Waals surface area contributed by atoms with Gasteiger partial charge in [0.1, 0.15) is 0 Å². The van der Waals surface area contributed by atoms with Gasteiger partial charge in [0.25, 0.3) is 0 Å². The van der Waals surface area contributed by atoms with Crippen LogP contribution in [0.3, 0.4) is 0 Å². The van der Waals surface area contributed by atoms with Crippen molar-refractivity contribution < 1.29 is 30.4 Å². The zero-order valence-electron chi connectivity index (χ0n) is 10.1. The van der Waals surface area contributed by atoms with Gasteiger partial charge < -0.3 is 0 Å². The smallest absolute Gasteiger partial charge is 0.207 e. The molecule has 0 heterocycles. The number of hydrogen-bond donors (Lipinski definition) is 0. The zero-order valence-corrected chi connectivity index (χ0v) is 12.5. The van der Waals surface area contributed by atoms with E-state index >= 15 is 0 Å². The molecule has 120 valence electrons. The summed E-state index contributed by atoms with van der Waals surface area (Å²) in [6, 6.07) is 0. The molecule has 1 rings (SSSR count). The maximum atomic E-state index is 13.5. The molecule has 0 spiro atoms.